The molecule has 3 nitrogen and oxygen atoms in total. The number of alkyl halides is 3. The Balaban J connectivity index is 2.34. The highest BCUT2D eigenvalue weighted by Gasteiger charge is 2.31. The van der Waals surface area contributed by atoms with Gasteiger partial charge in [0.1, 0.15) is 11.0 Å². The third-order valence-electron chi connectivity index (χ3n) is 2.70. The molecule has 21 heavy (non-hydrogen) atoms. The number of nitrogens with zero attached hydrogens (tertiary/aromatic N) is 1. The Labute approximate surface area is 124 Å². The maximum atomic E-state index is 12.8. The number of aromatic nitrogens is 1. The summed E-state index contributed by atoms with van der Waals surface area (Å²) in [4.78, 5) is 3.86. The van der Waals surface area contributed by atoms with Crippen molar-refractivity contribution in [2.45, 2.75) is 12.8 Å². The van der Waals surface area contributed by atoms with E-state index < -0.39 is 11.7 Å². The van der Waals surface area contributed by atoms with Crippen LogP contribution < -0.4 is 5.32 Å². The molecular formula is C14H12ClF3N2O. The van der Waals surface area contributed by atoms with Crippen LogP contribution in [0.4, 0.5) is 24.7 Å². The number of methoxy groups -OCH3 is 1. The summed E-state index contributed by atoms with van der Waals surface area (Å²) in [6.07, 6.45) is -4.48. The maximum Gasteiger partial charge on any atom is 0.416 e. The number of ether oxygens (including phenoxy) is 1. The molecule has 0 aliphatic heterocycles. The first kappa shape index (κ1) is 15.6. The van der Waals surface area contributed by atoms with E-state index in [1.54, 1.807) is 18.2 Å². The summed E-state index contributed by atoms with van der Waals surface area (Å²) in [5, 5.41) is 2.61. The third-order valence-corrected chi connectivity index (χ3v) is 2.89. The van der Waals surface area contributed by atoms with Crippen LogP contribution >= 0.6 is 11.6 Å². The minimum atomic E-state index is -4.48. The molecule has 0 amide bonds. The molecule has 0 unspecified atom stereocenters. The molecule has 0 bridgehead atoms. The van der Waals surface area contributed by atoms with Crippen LogP contribution in [0.2, 0.25) is 5.15 Å². The van der Waals surface area contributed by atoms with Crippen LogP contribution in [0.25, 0.3) is 0 Å². The molecule has 2 rings (SSSR count). The molecule has 1 heterocycles. The number of para-hydroxylation sites is 1. The zero-order chi connectivity index (χ0) is 15.5. The molecule has 1 aromatic heterocycles. The van der Waals surface area contributed by atoms with Crippen molar-refractivity contribution >= 4 is 23.1 Å². The van der Waals surface area contributed by atoms with E-state index in [1.807, 2.05) is 6.07 Å². The topological polar surface area (TPSA) is 34.1 Å². The second kappa shape index (κ2) is 6.32. The molecule has 112 valence electrons. The van der Waals surface area contributed by atoms with Crippen molar-refractivity contribution in [2.24, 2.45) is 0 Å². The van der Waals surface area contributed by atoms with Gasteiger partial charge in [-0.25, -0.2) is 4.98 Å². The van der Waals surface area contributed by atoms with Crippen molar-refractivity contribution in [3.05, 3.63) is 52.7 Å². The molecule has 0 aliphatic rings. The SMILES string of the molecule is COCc1ccccc1Nc1cc(C(F)(F)F)cc(Cl)n1. The van der Waals surface area contributed by atoms with E-state index in [4.69, 9.17) is 16.3 Å². The van der Waals surface area contributed by atoms with Crippen LogP contribution in [0.5, 0.6) is 0 Å². The van der Waals surface area contributed by atoms with Gasteiger partial charge in [-0.05, 0) is 18.2 Å². The summed E-state index contributed by atoms with van der Waals surface area (Å²) >= 11 is 5.65. The van der Waals surface area contributed by atoms with Gasteiger partial charge in [0, 0.05) is 18.4 Å². The summed E-state index contributed by atoms with van der Waals surface area (Å²) in [6, 6.07) is 8.80. The first-order valence-electron chi connectivity index (χ1n) is 5.99. The monoisotopic (exact) mass is 316 g/mol. The molecule has 2 aromatic rings. The Morgan fingerprint density at radius 3 is 2.62 bits per heavy atom. The zero-order valence-corrected chi connectivity index (χ0v) is 11.8. The summed E-state index contributed by atoms with van der Waals surface area (Å²) in [5.41, 5.74) is 0.562. The normalized spacial score (nSPS) is 11.5. The summed E-state index contributed by atoms with van der Waals surface area (Å²) < 4.78 is 43.3. The van der Waals surface area contributed by atoms with Gasteiger partial charge in [0.15, 0.2) is 0 Å². The Kier molecular flexibility index (Phi) is 4.69. The van der Waals surface area contributed by atoms with Crippen LogP contribution in [0, 0.1) is 0 Å². The zero-order valence-electron chi connectivity index (χ0n) is 11.0. The number of benzene rings is 1. The standard InChI is InChI=1S/C14H12ClF3N2O/c1-21-8-9-4-2-3-5-11(9)19-13-7-10(14(16,17)18)6-12(15)20-13/h2-7H,8H2,1H3,(H,19,20). The van der Waals surface area contributed by atoms with Gasteiger partial charge in [0.2, 0.25) is 0 Å². The number of pyridine rings is 1. The van der Waals surface area contributed by atoms with Crippen LogP contribution in [-0.4, -0.2) is 12.1 Å². The molecule has 0 fully saturated rings. The van der Waals surface area contributed by atoms with Crippen molar-refractivity contribution in [3.8, 4) is 0 Å². The minimum Gasteiger partial charge on any atom is -0.380 e. The lowest BCUT2D eigenvalue weighted by Crippen LogP contribution is -2.07. The van der Waals surface area contributed by atoms with Crippen molar-refractivity contribution in [3.63, 3.8) is 0 Å². The smallest absolute Gasteiger partial charge is 0.380 e. The average molecular weight is 317 g/mol. The van der Waals surface area contributed by atoms with Crippen LogP contribution in [0.3, 0.4) is 0 Å². The Bertz CT molecular complexity index is 632. The molecule has 0 spiro atoms. The minimum absolute atomic E-state index is 0.0263. The van der Waals surface area contributed by atoms with Gasteiger partial charge in [-0.1, -0.05) is 29.8 Å². The van der Waals surface area contributed by atoms with Crippen molar-refractivity contribution in [1.82, 2.24) is 4.98 Å². The highest BCUT2D eigenvalue weighted by Crippen LogP contribution is 2.33. The molecule has 0 aliphatic carbocycles. The number of rotatable bonds is 4. The lowest BCUT2D eigenvalue weighted by molar-refractivity contribution is -0.137. The van der Waals surface area contributed by atoms with E-state index in [0.29, 0.717) is 12.3 Å². The molecule has 7 heteroatoms. The highest BCUT2D eigenvalue weighted by atomic mass is 35.5. The second-order valence-electron chi connectivity index (χ2n) is 4.28. The van der Waals surface area contributed by atoms with Crippen molar-refractivity contribution in [2.75, 3.05) is 12.4 Å². The van der Waals surface area contributed by atoms with Crippen molar-refractivity contribution in [1.29, 1.82) is 0 Å². The van der Waals surface area contributed by atoms with Gasteiger partial charge < -0.3 is 10.1 Å². The molecule has 0 saturated carbocycles. The molecule has 0 radical (unpaired) electrons. The van der Waals surface area contributed by atoms with E-state index in [-0.39, 0.29) is 11.0 Å². The quantitative estimate of drug-likeness (QED) is 0.834. The number of anilines is 2. The van der Waals surface area contributed by atoms with E-state index in [1.165, 1.54) is 7.11 Å². The average Bonchev–Trinajstić information content (AvgIpc) is 2.40. The predicted octanol–water partition coefficient (Wildman–Crippen LogP) is 4.64. The van der Waals surface area contributed by atoms with Crippen molar-refractivity contribution < 1.29 is 17.9 Å². The lowest BCUT2D eigenvalue weighted by Gasteiger charge is -2.13. The van der Waals surface area contributed by atoms with E-state index in [2.05, 4.69) is 10.3 Å². The van der Waals surface area contributed by atoms with Gasteiger partial charge in [-0.15, -0.1) is 0 Å². The number of hydrogen-bond donors (Lipinski definition) is 1. The number of nitrogens with one attached hydrogen (secondary N) is 1. The van der Waals surface area contributed by atoms with E-state index in [0.717, 1.165) is 17.7 Å². The first-order chi connectivity index (χ1) is 9.90. The van der Waals surface area contributed by atoms with Gasteiger partial charge in [-0.2, -0.15) is 13.2 Å². The van der Waals surface area contributed by atoms with Gasteiger partial charge in [0.25, 0.3) is 0 Å². The van der Waals surface area contributed by atoms with Gasteiger partial charge in [0.05, 0.1) is 12.2 Å². The fraction of sp³-hybridized carbons (Fsp3) is 0.214. The van der Waals surface area contributed by atoms with Crippen LogP contribution in [-0.2, 0) is 17.5 Å². The predicted molar refractivity (Wildman–Crippen MR) is 74.7 cm³/mol. The van der Waals surface area contributed by atoms with E-state index in [9.17, 15) is 13.2 Å². The van der Waals surface area contributed by atoms with Gasteiger partial charge >= 0.3 is 6.18 Å². The molecule has 1 aromatic carbocycles. The molecule has 1 N–H and O–H groups in total. The largest absolute Gasteiger partial charge is 0.416 e. The third kappa shape index (κ3) is 4.09. The second-order valence-corrected chi connectivity index (χ2v) is 4.66. The Morgan fingerprint density at radius 2 is 1.95 bits per heavy atom. The highest BCUT2D eigenvalue weighted by molar-refractivity contribution is 6.29. The summed E-state index contributed by atoms with van der Waals surface area (Å²) in [7, 11) is 1.54. The lowest BCUT2D eigenvalue weighted by atomic mass is 10.2. The van der Waals surface area contributed by atoms with Crippen LogP contribution in [0.15, 0.2) is 36.4 Å². The Morgan fingerprint density at radius 1 is 1.24 bits per heavy atom. The fourth-order valence-corrected chi connectivity index (χ4v) is 1.99. The molecule has 0 saturated heterocycles. The maximum absolute atomic E-state index is 12.8. The number of hydrogen-bond acceptors (Lipinski definition) is 3. The fourth-order valence-electron chi connectivity index (χ4n) is 1.79. The van der Waals surface area contributed by atoms with Crippen LogP contribution in [0.1, 0.15) is 11.1 Å². The number of halogens is 4. The Hall–Kier alpha value is -1.79. The van der Waals surface area contributed by atoms with Gasteiger partial charge in [-0.3, -0.25) is 0 Å². The van der Waals surface area contributed by atoms with E-state index >= 15 is 0 Å². The molecular weight excluding hydrogens is 305 g/mol. The summed E-state index contributed by atoms with van der Waals surface area (Å²) in [5.74, 6) is 0.0263. The molecule has 0 atom stereocenters. The summed E-state index contributed by atoms with van der Waals surface area (Å²) in [6.45, 7) is 0.329. The first-order valence-corrected chi connectivity index (χ1v) is 6.36.